The van der Waals surface area contributed by atoms with Crippen molar-refractivity contribution < 1.29 is 0 Å². The van der Waals surface area contributed by atoms with Crippen molar-refractivity contribution in [2.75, 3.05) is 0 Å². The largest absolute Gasteiger partial charge is 0.262 e. The molecule has 0 aliphatic rings. The van der Waals surface area contributed by atoms with Gasteiger partial charge in [-0.25, -0.2) is 0 Å². The minimum Gasteiger partial charge on any atom is -0.262 e. The second kappa shape index (κ2) is 10.1. The zero-order chi connectivity index (χ0) is 13.1. The highest BCUT2D eigenvalue weighted by Gasteiger charge is 2.03. The smallest absolute Gasteiger partial charge is 0.0400 e. The van der Waals surface area contributed by atoms with Crippen LogP contribution in [0.4, 0.5) is 0 Å². The Morgan fingerprint density at radius 1 is 1.18 bits per heavy atom. The summed E-state index contributed by atoms with van der Waals surface area (Å²) in [7, 11) is 0. The van der Waals surface area contributed by atoms with E-state index in [4.69, 9.17) is 0 Å². The van der Waals surface area contributed by atoms with Crippen LogP contribution in [-0.2, 0) is 0 Å². The molecule has 1 heteroatoms. The maximum absolute atomic E-state index is 4.39. The van der Waals surface area contributed by atoms with Crippen molar-refractivity contribution in [3.05, 3.63) is 36.1 Å². The summed E-state index contributed by atoms with van der Waals surface area (Å²) in [5, 5.41) is 0. The molecule has 0 aliphatic carbocycles. The lowest BCUT2D eigenvalue weighted by Crippen LogP contribution is -1.98. The molecule has 0 aromatic rings. The molecule has 0 radical (unpaired) electrons. The molecule has 0 rings (SSSR count). The zero-order valence-electron chi connectivity index (χ0n) is 12.0. The van der Waals surface area contributed by atoms with Gasteiger partial charge in [-0.05, 0) is 44.3 Å². The first-order chi connectivity index (χ1) is 8.19. The van der Waals surface area contributed by atoms with Gasteiger partial charge in [0.1, 0.15) is 0 Å². The van der Waals surface area contributed by atoms with Gasteiger partial charge in [0.05, 0.1) is 0 Å². The van der Waals surface area contributed by atoms with Gasteiger partial charge < -0.3 is 0 Å². The third-order valence-corrected chi connectivity index (χ3v) is 2.84. The Labute approximate surface area is 107 Å². The molecule has 17 heavy (non-hydrogen) atoms. The van der Waals surface area contributed by atoms with Crippen LogP contribution in [0.3, 0.4) is 0 Å². The Bertz CT molecular complexity index is 305. The van der Waals surface area contributed by atoms with Crippen LogP contribution in [0.2, 0.25) is 0 Å². The fourth-order valence-electron chi connectivity index (χ4n) is 1.76. The van der Waals surface area contributed by atoms with E-state index in [0.717, 1.165) is 12.1 Å². The summed E-state index contributed by atoms with van der Waals surface area (Å²) in [6.45, 7) is 10.8. The van der Waals surface area contributed by atoms with Crippen molar-refractivity contribution in [3.63, 3.8) is 0 Å². The average molecular weight is 233 g/mol. The standard InChI is InChI=1S/C16H27N/c1-6-10-14(5)15(8-3)11-12-16(9-4)17-13-7-2/h7-8,11-14H,6,9-10H2,1-5H3/b12-11-,13-7-,15-8+,17-16-. The summed E-state index contributed by atoms with van der Waals surface area (Å²) in [6.07, 6.45) is 13.8. The molecule has 1 nitrogen and oxygen atoms in total. The average Bonchev–Trinajstić information content (AvgIpc) is 2.34. The molecule has 0 saturated carbocycles. The van der Waals surface area contributed by atoms with E-state index in [0.29, 0.717) is 5.92 Å². The van der Waals surface area contributed by atoms with Gasteiger partial charge in [-0.3, -0.25) is 4.99 Å². The number of hydrogen-bond acceptors (Lipinski definition) is 1. The van der Waals surface area contributed by atoms with Gasteiger partial charge in [0.2, 0.25) is 0 Å². The van der Waals surface area contributed by atoms with Gasteiger partial charge in [0.15, 0.2) is 0 Å². The molecule has 0 saturated heterocycles. The Morgan fingerprint density at radius 3 is 2.35 bits per heavy atom. The highest BCUT2D eigenvalue weighted by molar-refractivity contribution is 5.95. The van der Waals surface area contributed by atoms with Gasteiger partial charge in [-0.2, -0.15) is 0 Å². The predicted octanol–water partition coefficient (Wildman–Crippen LogP) is 5.31. The third kappa shape index (κ3) is 6.93. The van der Waals surface area contributed by atoms with Crippen LogP contribution in [0.25, 0.3) is 0 Å². The van der Waals surface area contributed by atoms with Gasteiger partial charge in [-0.15, -0.1) is 0 Å². The molecule has 0 heterocycles. The fraction of sp³-hybridized carbons (Fsp3) is 0.562. The van der Waals surface area contributed by atoms with Crippen LogP contribution in [0.1, 0.15) is 53.9 Å². The number of aliphatic imine (C=N–C) groups is 1. The molecule has 0 aromatic heterocycles. The second-order valence-electron chi connectivity index (χ2n) is 4.27. The number of rotatable bonds is 7. The van der Waals surface area contributed by atoms with Crippen LogP contribution < -0.4 is 0 Å². The third-order valence-electron chi connectivity index (χ3n) is 2.84. The molecule has 0 amide bonds. The van der Waals surface area contributed by atoms with Gasteiger partial charge >= 0.3 is 0 Å². The van der Waals surface area contributed by atoms with E-state index >= 15 is 0 Å². The quantitative estimate of drug-likeness (QED) is 0.417. The minimum atomic E-state index is 0.640. The topological polar surface area (TPSA) is 12.4 Å². The molecule has 0 fully saturated rings. The SMILES string of the molecule is C\C=C/N=C(\C=C/C(=C\C)C(C)CCC)CC. The first-order valence-corrected chi connectivity index (χ1v) is 6.71. The second-order valence-corrected chi connectivity index (χ2v) is 4.27. The summed E-state index contributed by atoms with van der Waals surface area (Å²) < 4.78 is 0. The van der Waals surface area contributed by atoms with Crippen LogP contribution >= 0.6 is 0 Å². The van der Waals surface area contributed by atoms with E-state index in [9.17, 15) is 0 Å². The van der Waals surface area contributed by atoms with Crippen molar-refractivity contribution in [2.45, 2.75) is 53.9 Å². The Morgan fingerprint density at radius 2 is 1.88 bits per heavy atom. The number of hydrogen-bond donors (Lipinski definition) is 0. The van der Waals surface area contributed by atoms with Crippen molar-refractivity contribution in [1.29, 1.82) is 0 Å². The van der Waals surface area contributed by atoms with Gasteiger partial charge in [-0.1, -0.05) is 45.4 Å². The molecule has 1 atom stereocenters. The van der Waals surface area contributed by atoms with E-state index in [2.05, 4.69) is 50.9 Å². The molecule has 0 bridgehead atoms. The lowest BCUT2D eigenvalue weighted by atomic mass is 9.95. The Hall–Kier alpha value is -1.11. The summed E-state index contributed by atoms with van der Waals surface area (Å²) >= 11 is 0. The monoisotopic (exact) mass is 233 g/mol. The Kier molecular flexibility index (Phi) is 9.41. The summed E-state index contributed by atoms with van der Waals surface area (Å²) in [4.78, 5) is 4.39. The molecule has 0 aliphatic heterocycles. The van der Waals surface area contributed by atoms with E-state index in [-0.39, 0.29) is 0 Å². The van der Waals surface area contributed by atoms with E-state index in [1.165, 1.54) is 18.4 Å². The first kappa shape index (κ1) is 15.9. The van der Waals surface area contributed by atoms with Crippen LogP contribution in [-0.4, -0.2) is 5.71 Å². The first-order valence-electron chi connectivity index (χ1n) is 6.71. The molecule has 96 valence electrons. The predicted molar refractivity (Wildman–Crippen MR) is 79.5 cm³/mol. The van der Waals surface area contributed by atoms with Crippen molar-refractivity contribution in [3.8, 4) is 0 Å². The Balaban J connectivity index is 4.65. The molecule has 0 spiro atoms. The molecule has 0 N–H and O–H groups in total. The highest BCUT2D eigenvalue weighted by Crippen LogP contribution is 2.17. The van der Waals surface area contributed by atoms with Crippen molar-refractivity contribution in [2.24, 2.45) is 10.9 Å². The molecular formula is C16H27N. The van der Waals surface area contributed by atoms with E-state index in [1.54, 1.807) is 0 Å². The highest BCUT2D eigenvalue weighted by atomic mass is 14.7. The van der Waals surface area contributed by atoms with Gasteiger partial charge in [0.25, 0.3) is 0 Å². The number of nitrogens with zero attached hydrogens (tertiary/aromatic N) is 1. The lowest BCUT2D eigenvalue weighted by Gasteiger charge is -2.11. The van der Waals surface area contributed by atoms with Crippen molar-refractivity contribution in [1.82, 2.24) is 0 Å². The van der Waals surface area contributed by atoms with Crippen LogP contribution in [0.15, 0.2) is 41.1 Å². The maximum atomic E-state index is 4.39. The maximum Gasteiger partial charge on any atom is 0.0400 e. The summed E-state index contributed by atoms with van der Waals surface area (Å²) in [6, 6.07) is 0. The fourth-order valence-corrected chi connectivity index (χ4v) is 1.76. The minimum absolute atomic E-state index is 0.640. The number of allylic oxidation sites excluding steroid dienone is 5. The van der Waals surface area contributed by atoms with Crippen molar-refractivity contribution >= 4 is 5.71 Å². The molecule has 0 aromatic carbocycles. The lowest BCUT2D eigenvalue weighted by molar-refractivity contribution is 0.612. The summed E-state index contributed by atoms with van der Waals surface area (Å²) in [5.74, 6) is 0.640. The summed E-state index contributed by atoms with van der Waals surface area (Å²) in [5.41, 5.74) is 2.54. The van der Waals surface area contributed by atoms with Crippen LogP contribution in [0, 0.1) is 5.92 Å². The normalized spacial score (nSPS) is 16.1. The van der Waals surface area contributed by atoms with Gasteiger partial charge in [0, 0.05) is 11.9 Å². The zero-order valence-corrected chi connectivity index (χ0v) is 12.0. The molecule has 1 unspecified atom stereocenters. The van der Waals surface area contributed by atoms with E-state index < -0.39 is 0 Å². The van der Waals surface area contributed by atoms with Crippen LogP contribution in [0.5, 0.6) is 0 Å². The molecular weight excluding hydrogens is 206 g/mol. The van der Waals surface area contributed by atoms with E-state index in [1.807, 2.05) is 19.2 Å².